The Morgan fingerprint density at radius 2 is 2.17 bits per heavy atom. The summed E-state index contributed by atoms with van der Waals surface area (Å²) in [5, 5.41) is 15.7. The summed E-state index contributed by atoms with van der Waals surface area (Å²) < 4.78 is 0.197. The maximum Gasteiger partial charge on any atom is 0.315 e. The summed E-state index contributed by atoms with van der Waals surface area (Å²) in [7, 11) is 0. The van der Waals surface area contributed by atoms with Gasteiger partial charge in [-0.15, -0.1) is 0 Å². The smallest absolute Gasteiger partial charge is 0.315 e. The van der Waals surface area contributed by atoms with Crippen molar-refractivity contribution >= 4 is 17.8 Å². The molecule has 1 aliphatic carbocycles. The Labute approximate surface area is 113 Å². The van der Waals surface area contributed by atoms with Crippen LogP contribution in [0.25, 0.3) is 0 Å². The van der Waals surface area contributed by atoms with Crippen molar-refractivity contribution in [3.63, 3.8) is 0 Å². The number of thioether (sulfide) groups is 1. The second-order valence-corrected chi connectivity index (χ2v) is 7.37. The molecule has 1 saturated heterocycles. The van der Waals surface area contributed by atoms with E-state index in [4.69, 9.17) is 0 Å². The van der Waals surface area contributed by atoms with E-state index in [1.165, 1.54) is 18.6 Å². The van der Waals surface area contributed by atoms with Gasteiger partial charge in [0.15, 0.2) is 0 Å². The molecule has 3 atom stereocenters. The fourth-order valence-corrected chi connectivity index (χ4v) is 3.99. The number of aliphatic hydroxyl groups is 1. The lowest BCUT2D eigenvalue weighted by atomic mass is 9.93. The Morgan fingerprint density at radius 1 is 1.39 bits per heavy atom. The minimum Gasteiger partial charge on any atom is -0.391 e. The minimum atomic E-state index is -0.374. The number of amides is 2. The van der Waals surface area contributed by atoms with Crippen LogP contribution < -0.4 is 10.6 Å². The van der Waals surface area contributed by atoms with Gasteiger partial charge in [-0.2, -0.15) is 11.8 Å². The molecule has 3 N–H and O–H groups in total. The molecule has 0 spiro atoms. The maximum atomic E-state index is 11.8. The Morgan fingerprint density at radius 3 is 2.83 bits per heavy atom. The molecule has 2 fully saturated rings. The number of carbonyl (C=O) groups is 1. The van der Waals surface area contributed by atoms with Crippen LogP contribution >= 0.6 is 11.8 Å². The molecule has 2 rings (SSSR count). The molecule has 2 aliphatic rings. The van der Waals surface area contributed by atoms with E-state index in [2.05, 4.69) is 17.6 Å². The Kier molecular flexibility index (Phi) is 4.78. The molecule has 104 valence electrons. The SMILES string of the molecule is CC1(CNC(=O)NC2CCCCC2O)CCCS1. The molecule has 0 aromatic heterocycles. The van der Waals surface area contributed by atoms with E-state index in [9.17, 15) is 9.90 Å². The van der Waals surface area contributed by atoms with Crippen LogP contribution in [0.15, 0.2) is 0 Å². The first-order chi connectivity index (χ1) is 8.59. The Hall–Kier alpha value is -0.420. The highest BCUT2D eigenvalue weighted by atomic mass is 32.2. The van der Waals surface area contributed by atoms with E-state index in [1.807, 2.05) is 11.8 Å². The summed E-state index contributed by atoms with van der Waals surface area (Å²) in [5.74, 6) is 1.20. The summed E-state index contributed by atoms with van der Waals surface area (Å²) in [4.78, 5) is 11.8. The van der Waals surface area contributed by atoms with Crippen molar-refractivity contribution in [3.8, 4) is 0 Å². The van der Waals surface area contributed by atoms with Gasteiger partial charge in [-0.25, -0.2) is 4.79 Å². The quantitative estimate of drug-likeness (QED) is 0.735. The standard InChI is InChI=1S/C13H24N2O2S/c1-13(7-4-8-18-13)9-14-12(17)15-10-5-2-3-6-11(10)16/h10-11,16H,2-9H2,1H3,(H2,14,15,17). The zero-order valence-corrected chi connectivity index (χ0v) is 11.9. The Balaban J connectivity index is 1.71. The van der Waals surface area contributed by atoms with Crippen molar-refractivity contribution in [2.75, 3.05) is 12.3 Å². The highest BCUT2D eigenvalue weighted by Gasteiger charge is 2.30. The van der Waals surface area contributed by atoms with Crippen LogP contribution in [0.5, 0.6) is 0 Å². The van der Waals surface area contributed by atoms with Gasteiger partial charge in [-0.3, -0.25) is 0 Å². The van der Waals surface area contributed by atoms with Gasteiger partial charge in [0.25, 0.3) is 0 Å². The Bertz CT molecular complexity index is 293. The van der Waals surface area contributed by atoms with Gasteiger partial charge in [-0.1, -0.05) is 12.8 Å². The molecule has 2 amide bonds. The summed E-state index contributed by atoms with van der Waals surface area (Å²) in [5.41, 5.74) is 0. The van der Waals surface area contributed by atoms with Gasteiger partial charge in [0.2, 0.25) is 0 Å². The number of aliphatic hydroxyl groups excluding tert-OH is 1. The van der Waals surface area contributed by atoms with Gasteiger partial charge in [-0.05, 0) is 38.4 Å². The molecule has 3 unspecified atom stereocenters. The van der Waals surface area contributed by atoms with E-state index in [-0.39, 0.29) is 22.9 Å². The van der Waals surface area contributed by atoms with Crippen molar-refractivity contribution in [2.45, 2.75) is 62.3 Å². The summed E-state index contributed by atoms with van der Waals surface area (Å²) in [6.07, 6.45) is 5.89. The fourth-order valence-electron chi connectivity index (χ4n) is 2.74. The molecule has 1 saturated carbocycles. The maximum absolute atomic E-state index is 11.8. The molecule has 1 heterocycles. The molecule has 0 radical (unpaired) electrons. The van der Waals surface area contributed by atoms with Crippen molar-refractivity contribution in [1.82, 2.24) is 10.6 Å². The van der Waals surface area contributed by atoms with Gasteiger partial charge < -0.3 is 15.7 Å². The molecular weight excluding hydrogens is 248 g/mol. The lowest BCUT2D eigenvalue weighted by Gasteiger charge is -2.29. The number of hydrogen-bond acceptors (Lipinski definition) is 3. The fraction of sp³-hybridized carbons (Fsp3) is 0.923. The molecule has 18 heavy (non-hydrogen) atoms. The second-order valence-electron chi connectivity index (χ2n) is 5.69. The number of urea groups is 1. The van der Waals surface area contributed by atoms with E-state index in [1.54, 1.807) is 0 Å². The second kappa shape index (κ2) is 6.15. The van der Waals surface area contributed by atoms with Crippen LogP contribution in [0.1, 0.15) is 45.4 Å². The number of hydrogen-bond donors (Lipinski definition) is 3. The van der Waals surface area contributed by atoms with Crippen LogP contribution in [0.3, 0.4) is 0 Å². The van der Waals surface area contributed by atoms with E-state index in [0.29, 0.717) is 6.54 Å². The van der Waals surface area contributed by atoms with Crippen LogP contribution in [0.2, 0.25) is 0 Å². The first-order valence-electron chi connectivity index (χ1n) is 6.95. The van der Waals surface area contributed by atoms with Gasteiger partial charge in [0, 0.05) is 11.3 Å². The normalized spacial score (nSPS) is 36.3. The topological polar surface area (TPSA) is 61.4 Å². The average Bonchev–Trinajstić information content (AvgIpc) is 2.77. The first kappa shape index (κ1) is 14.0. The number of nitrogens with one attached hydrogen (secondary N) is 2. The third kappa shape index (κ3) is 3.79. The van der Waals surface area contributed by atoms with Crippen molar-refractivity contribution in [3.05, 3.63) is 0 Å². The van der Waals surface area contributed by atoms with E-state index >= 15 is 0 Å². The lowest BCUT2D eigenvalue weighted by molar-refractivity contribution is 0.0943. The highest BCUT2D eigenvalue weighted by Crippen LogP contribution is 2.36. The van der Waals surface area contributed by atoms with Crippen LogP contribution in [-0.4, -0.2) is 40.3 Å². The molecule has 0 aromatic rings. The van der Waals surface area contributed by atoms with E-state index in [0.717, 1.165) is 25.7 Å². The molecular formula is C13H24N2O2S. The van der Waals surface area contributed by atoms with Crippen LogP contribution in [0, 0.1) is 0 Å². The van der Waals surface area contributed by atoms with Crippen LogP contribution in [-0.2, 0) is 0 Å². The van der Waals surface area contributed by atoms with E-state index < -0.39 is 0 Å². The summed E-state index contributed by atoms with van der Waals surface area (Å²) in [6.45, 7) is 2.92. The lowest BCUT2D eigenvalue weighted by Crippen LogP contribution is -2.50. The first-order valence-corrected chi connectivity index (χ1v) is 7.94. The average molecular weight is 272 g/mol. The number of rotatable bonds is 3. The molecule has 0 bridgehead atoms. The van der Waals surface area contributed by atoms with Gasteiger partial charge in [0.05, 0.1) is 12.1 Å². The van der Waals surface area contributed by atoms with Crippen LogP contribution in [0.4, 0.5) is 4.79 Å². The van der Waals surface area contributed by atoms with Crippen molar-refractivity contribution in [1.29, 1.82) is 0 Å². The molecule has 1 aliphatic heterocycles. The zero-order chi connectivity index (χ0) is 13.0. The van der Waals surface area contributed by atoms with Gasteiger partial charge >= 0.3 is 6.03 Å². The summed E-state index contributed by atoms with van der Waals surface area (Å²) >= 11 is 1.94. The highest BCUT2D eigenvalue weighted by molar-refractivity contribution is 8.00. The predicted molar refractivity (Wildman–Crippen MR) is 74.9 cm³/mol. The van der Waals surface area contributed by atoms with Crippen molar-refractivity contribution in [2.24, 2.45) is 0 Å². The molecule has 4 nitrogen and oxygen atoms in total. The molecule has 0 aromatic carbocycles. The largest absolute Gasteiger partial charge is 0.391 e. The minimum absolute atomic E-state index is 0.0669. The third-order valence-corrected chi connectivity index (χ3v) is 5.51. The van der Waals surface area contributed by atoms with Gasteiger partial charge in [0.1, 0.15) is 0 Å². The molecule has 5 heteroatoms. The monoisotopic (exact) mass is 272 g/mol. The predicted octanol–water partition coefficient (Wildman–Crippen LogP) is 1.87. The summed E-state index contributed by atoms with van der Waals surface area (Å²) in [6, 6.07) is -0.197. The van der Waals surface area contributed by atoms with Crippen molar-refractivity contribution < 1.29 is 9.90 Å². The number of carbonyl (C=O) groups excluding carboxylic acids is 1. The zero-order valence-electron chi connectivity index (χ0n) is 11.1. The third-order valence-electron chi connectivity index (χ3n) is 3.97.